The minimum absolute atomic E-state index is 0.298. The van der Waals surface area contributed by atoms with Gasteiger partial charge in [-0.15, -0.1) is 6.58 Å². The Morgan fingerprint density at radius 1 is 1.04 bits per heavy atom. The molecule has 148 valence electrons. The maximum atomic E-state index is 14.3. The summed E-state index contributed by atoms with van der Waals surface area (Å²) < 4.78 is 19.7. The van der Waals surface area contributed by atoms with Crippen molar-refractivity contribution >= 4 is 0 Å². The van der Waals surface area contributed by atoms with Crippen molar-refractivity contribution in [3.63, 3.8) is 0 Å². The van der Waals surface area contributed by atoms with E-state index in [4.69, 9.17) is 4.74 Å². The molecule has 3 rings (SSSR count). The minimum atomic E-state index is -0.316. The Bertz CT molecular complexity index is 783. The van der Waals surface area contributed by atoms with E-state index in [1.165, 1.54) is 37.7 Å². The fourth-order valence-corrected chi connectivity index (χ4v) is 4.12. The van der Waals surface area contributed by atoms with E-state index < -0.39 is 0 Å². The van der Waals surface area contributed by atoms with Crippen LogP contribution in [0.15, 0.2) is 67.3 Å². The first-order valence-corrected chi connectivity index (χ1v) is 10.5. The second kappa shape index (κ2) is 10.3. The van der Waals surface area contributed by atoms with Crippen LogP contribution in [0.3, 0.4) is 0 Å². The Hall–Kier alpha value is -2.35. The molecule has 1 fully saturated rings. The second-order valence-electron chi connectivity index (χ2n) is 7.73. The number of benzene rings is 2. The van der Waals surface area contributed by atoms with Gasteiger partial charge in [-0.25, -0.2) is 4.39 Å². The van der Waals surface area contributed by atoms with Crippen molar-refractivity contribution in [3.8, 4) is 16.9 Å². The van der Waals surface area contributed by atoms with Gasteiger partial charge >= 0.3 is 0 Å². The van der Waals surface area contributed by atoms with Gasteiger partial charge in [0.05, 0.1) is 0 Å². The lowest BCUT2D eigenvalue weighted by Gasteiger charge is -2.28. The molecule has 0 bridgehead atoms. The molecular formula is C26H31FO. The number of rotatable bonds is 8. The lowest BCUT2D eigenvalue weighted by Crippen LogP contribution is -2.13. The SMILES string of the molecule is C=CCCC1CCC(c2ccc(-c3ccc(OC/C=C/C)c(F)c3)cc2)CC1. The van der Waals surface area contributed by atoms with Crippen LogP contribution >= 0.6 is 0 Å². The molecule has 1 nitrogen and oxygen atoms in total. The first kappa shape index (κ1) is 20.4. The monoisotopic (exact) mass is 378 g/mol. The van der Waals surface area contributed by atoms with Crippen LogP contribution < -0.4 is 4.74 Å². The smallest absolute Gasteiger partial charge is 0.165 e. The number of allylic oxidation sites excluding steroid dienone is 2. The molecule has 1 aliphatic rings. The van der Waals surface area contributed by atoms with Gasteiger partial charge < -0.3 is 4.74 Å². The lowest BCUT2D eigenvalue weighted by molar-refractivity contribution is 0.312. The zero-order valence-electron chi connectivity index (χ0n) is 16.9. The summed E-state index contributed by atoms with van der Waals surface area (Å²) >= 11 is 0. The van der Waals surface area contributed by atoms with Gasteiger partial charge in [-0.05, 0) is 86.1 Å². The van der Waals surface area contributed by atoms with Crippen molar-refractivity contribution in [2.45, 2.75) is 51.4 Å². The Morgan fingerprint density at radius 3 is 2.39 bits per heavy atom. The van der Waals surface area contributed by atoms with E-state index in [1.54, 1.807) is 12.1 Å². The number of halogens is 1. The van der Waals surface area contributed by atoms with E-state index in [-0.39, 0.29) is 5.82 Å². The predicted octanol–water partition coefficient (Wildman–Crippen LogP) is 7.69. The fourth-order valence-electron chi connectivity index (χ4n) is 4.12. The summed E-state index contributed by atoms with van der Waals surface area (Å²) in [6.45, 7) is 6.14. The van der Waals surface area contributed by atoms with E-state index in [0.29, 0.717) is 18.3 Å². The largest absolute Gasteiger partial charge is 0.486 e. The molecule has 0 unspecified atom stereocenters. The highest BCUT2D eigenvalue weighted by Gasteiger charge is 2.21. The van der Waals surface area contributed by atoms with E-state index in [2.05, 4.69) is 30.8 Å². The van der Waals surface area contributed by atoms with E-state index in [9.17, 15) is 4.39 Å². The second-order valence-corrected chi connectivity index (χ2v) is 7.73. The van der Waals surface area contributed by atoms with Crippen LogP contribution in [0.2, 0.25) is 0 Å². The van der Waals surface area contributed by atoms with Crippen LogP contribution in [0.25, 0.3) is 11.1 Å². The Morgan fingerprint density at radius 2 is 1.75 bits per heavy atom. The summed E-state index contributed by atoms with van der Waals surface area (Å²) in [5.41, 5.74) is 3.34. The highest BCUT2D eigenvalue weighted by atomic mass is 19.1. The van der Waals surface area contributed by atoms with Gasteiger partial charge in [-0.2, -0.15) is 0 Å². The van der Waals surface area contributed by atoms with E-state index in [1.807, 2.05) is 31.2 Å². The predicted molar refractivity (Wildman–Crippen MR) is 116 cm³/mol. The molecule has 1 saturated carbocycles. The minimum Gasteiger partial charge on any atom is -0.486 e. The molecule has 2 aromatic rings. The van der Waals surface area contributed by atoms with Crippen LogP contribution in [0.4, 0.5) is 4.39 Å². The van der Waals surface area contributed by atoms with Crippen molar-refractivity contribution in [2.75, 3.05) is 6.61 Å². The highest BCUT2D eigenvalue weighted by molar-refractivity contribution is 5.64. The van der Waals surface area contributed by atoms with E-state index in [0.717, 1.165) is 23.5 Å². The third kappa shape index (κ3) is 5.34. The van der Waals surface area contributed by atoms with Crippen LogP contribution in [0.1, 0.15) is 56.9 Å². The maximum absolute atomic E-state index is 14.3. The van der Waals surface area contributed by atoms with Crippen LogP contribution in [0.5, 0.6) is 5.75 Å². The van der Waals surface area contributed by atoms with Gasteiger partial charge in [-0.1, -0.05) is 48.6 Å². The normalized spacial score (nSPS) is 19.6. The molecule has 0 spiro atoms. The highest BCUT2D eigenvalue weighted by Crippen LogP contribution is 2.38. The summed E-state index contributed by atoms with van der Waals surface area (Å²) in [5.74, 6) is 1.51. The Balaban J connectivity index is 1.61. The molecule has 0 N–H and O–H groups in total. The van der Waals surface area contributed by atoms with Gasteiger partial charge in [0.2, 0.25) is 0 Å². The van der Waals surface area contributed by atoms with Crippen LogP contribution in [-0.2, 0) is 0 Å². The van der Waals surface area contributed by atoms with Crippen molar-refractivity contribution in [1.82, 2.24) is 0 Å². The van der Waals surface area contributed by atoms with Gasteiger partial charge in [0, 0.05) is 0 Å². The number of ether oxygens (including phenoxy) is 1. The standard InChI is InChI=1S/C26H31FO/c1-3-5-7-20-8-10-21(11-9-20)22-12-14-23(15-13-22)24-16-17-26(25(27)19-24)28-18-6-4-2/h3-4,6,12-17,19-21H,1,5,7-11,18H2,2H3/b6-4+. The molecule has 0 aliphatic heterocycles. The summed E-state index contributed by atoms with van der Waals surface area (Å²) in [5, 5.41) is 0. The zero-order chi connectivity index (χ0) is 19.8. The molecule has 0 radical (unpaired) electrons. The van der Waals surface area contributed by atoms with Crippen molar-refractivity contribution < 1.29 is 9.13 Å². The molecule has 0 atom stereocenters. The third-order valence-electron chi connectivity index (χ3n) is 5.84. The number of hydrogen-bond acceptors (Lipinski definition) is 1. The van der Waals surface area contributed by atoms with Crippen LogP contribution in [0, 0.1) is 11.7 Å². The summed E-state index contributed by atoms with van der Waals surface area (Å²) in [6.07, 6.45) is 13.4. The lowest BCUT2D eigenvalue weighted by atomic mass is 9.77. The fraction of sp³-hybridized carbons (Fsp3) is 0.385. The average molecular weight is 379 g/mol. The van der Waals surface area contributed by atoms with Gasteiger partial charge in [0.25, 0.3) is 0 Å². The van der Waals surface area contributed by atoms with Crippen molar-refractivity contribution in [2.24, 2.45) is 5.92 Å². The van der Waals surface area contributed by atoms with Crippen molar-refractivity contribution in [3.05, 3.63) is 78.7 Å². The molecule has 0 amide bonds. The Kier molecular flexibility index (Phi) is 7.47. The topological polar surface area (TPSA) is 9.23 Å². The van der Waals surface area contributed by atoms with Gasteiger partial charge in [0.1, 0.15) is 6.61 Å². The summed E-state index contributed by atoms with van der Waals surface area (Å²) in [7, 11) is 0. The summed E-state index contributed by atoms with van der Waals surface area (Å²) in [4.78, 5) is 0. The third-order valence-corrected chi connectivity index (χ3v) is 5.84. The molecular weight excluding hydrogens is 347 g/mol. The quantitative estimate of drug-likeness (QED) is 0.428. The zero-order valence-corrected chi connectivity index (χ0v) is 16.9. The molecule has 2 aromatic carbocycles. The molecule has 28 heavy (non-hydrogen) atoms. The first-order chi connectivity index (χ1) is 13.7. The molecule has 2 heteroatoms. The first-order valence-electron chi connectivity index (χ1n) is 10.5. The average Bonchev–Trinajstić information content (AvgIpc) is 2.74. The van der Waals surface area contributed by atoms with Crippen molar-refractivity contribution in [1.29, 1.82) is 0 Å². The molecule has 0 saturated heterocycles. The molecule has 0 aromatic heterocycles. The van der Waals surface area contributed by atoms with E-state index >= 15 is 0 Å². The molecule has 1 aliphatic carbocycles. The molecule has 0 heterocycles. The maximum Gasteiger partial charge on any atom is 0.165 e. The Labute approximate surface area is 168 Å². The van der Waals surface area contributed by atoms with Gasteiger partial charge in [-0.3, -0.25) is 0 Å². The summed E-state index contributed by atoms with van der Waals surface area (Å²) in [6, 6.07) is 13.9. The van der Waals surface area contributed by atoms with Crippen LogP contribution in [-0.4, -0.2) is 6.61 Å². The number of hydrogen-bond donors (Lipinski definition) is 0. The van der Waals surface area contributed by atoms with Gasteiger partial charge in [0.15, 0.2) is 11.6 Å².